The van der Waals surface area contributed by atoms with Crippen molar-refractivity contribution in [2.45, 2.75) is 19.2 Å². The van der Waals surface area contributed by atoms with Crippen molar-refractivity contribution in [3.8, 4) is 0 Å². The summed E-state index contributed by atoms with van der Waals surface area (Å²) in [5.41, 5.74) is 3.33. The number of hydrogen-bond donors (Lipinski definition) is 1. The molecular formula is C17H15ClN2O2S. The Morgan fingerprint density at radius 3 is 2.43 bits per heavy atom. The Hall–Kier alpha value is -1.98. The smallest absolute Gasteiger partial charge is 0.295 e. The minimum atomic E-state index is -0.650. The van der Waals surface area contributed by atoms with Gasteiger partial charge < -0.3 is 5.32 Å². The molecule has 0 spiro atoms. The lowest BCUT2D eigenvalue weighted by molar-refractivity contribution is -0.116. The van der Waals surface area contributed by atoms with E-state index in [4.69, 9.17) is 11.6 Å². The summed E-state index contributed by atoms with van der Waals surface area (Å²) in [6.45, 7) is 3.86. The van der Waals surface area contributed by atoms with Gasteiger partial charge in [-0.2, -0.15) is 0 Å². The number of amides is 2. The summed E-state index contributed by atoms with van der Waals surface area (Å²) < 4.78 is 0. The van der Waals surface area contributed by atoms with Crippen molar-refractivity contribution in [3.63, 3.8) is 0 Å². The second kappa shape index (κ2) is 6.26. The van der Waals surface area contributed by atoms with E-state index in [9.17, 15) is 9.59 Å². The van der Waals surface area contributed by atoms with Gasteiger partial charge in [-0.1, -0.05) is 35.4 Å². The van der Waals surface area contributed by atoms with Gasteiger partial charge in [0.05, 0.1) is 5.69 Å². The number of carbonyl (C=O) groups is 2. The molecule has 1 saturated heterocycles. The first-order valence-corrected chi connectivity index (χ1v) is 8.35. The van der Waals surface area contributed by atoms with Crippen LogP contribution in [-0.2, 0) is 4.79 Å². The van der Waals surface area contributed by atoms with Crippen LogP contribution in [0.2, 0.25) is 5.02 Å². The summed E-state index contributed by atoms with van der Waals surface area (Å²) in [5.74, 6) is -0.277. The van der Waals surface area contributed by atoms with Gasteiger partial charge in [0, 0.05) is 10.7 Å². The van der Waals surface area contributed by atoms with Crippen molar-refractivity contribution in [1.82, 2.24) is 0 Å². The molecule has 1 N–H and O–H groups in total. The quantitative estimate of drug-likeness (QED) is 0.882. The molecule has 0 saturated carbocycles. The van der Waals surface area contributed by atoms with Crippen LogP contribution in [0.15, 0.2) is 42.5 Å². The lowest BCUT2D eigenvalue weighted by Crippen LogP contribution is -2.34. The maximum absolute atomic E-state index is 12.5. The van der Waals surface area contributed by atoms with Crippen molar-refractivity contribution in [3.05, 3.63) is 58.6 Å². The predicted octanol–water partition coefficient (Wildman–Crippen LogP) is 4.59. The molecule has 6 heteroatoms. The van der Waals surface area contributed by atoms with Crippen LogP contribution in [0.25, 0.3) is 0 Å². The molecule has 0 radical (unpaired) electrons. The molecule has 118 valence electrons. The molecule has 1 aliphatic heterocycles. The van der Waals surface area contributed by atoms with Crippen molar-refractivity contribution < 1.29 is 9.59 Å². The number of thioether (sulfide) groups is 1. The highest BCUT2D eigenvalue weighted by Crippen LogP contribution is 2.33. The minimum Gasteiger partial charge on any atom is -0.365 e. The third-order valence-corrected chi connectivity index (χ3v) is 4.95. The number of imide groups is 1. The zero-order chi connectivity index (χ0) is 16.6. The number of nitrogens with one attached hydrogen (secondary N) is 1. The second-order valence-corrected chi connectivity index (χ2v) is 6.84. The van der Waals surface area contributed by atoms with Crippen LogP contribution in [-0.4, -0.2) is 16.5 Å². The van der Waals surface area contributed by atoms with E-state index in [1.165, 1.54) is 4.90 Å². The molecule has 1 atom stereocenters. The fourth-order valence-electron chi connectivity index (χ4n) is 2.26. The number of carbonyl (C=O) groups excluding carboxylic acids is 2. The van der Waals surface area contributed by atoms with Gasteiger partial charge in [0.15, 0.2) is 5.37 Å². The van der Waals surface area contributed by atoms with Gasteiger partial charge >= 0.3 is 0 Å². The van der Waals surface area contributed by atoms with Gasteiger partial charge in [-0.3, -0.25) is 9.59 Å². The molecule has 2 amide bonds. The fourth-order valence-corrected chi connectivity index (χ4v) is 3.35. The first-order valence-electron chi connectivity index (χ1n) is 7.09. The van der Waals surface area contributed by atoms with E-state index in [0.717, 1.165) is 22.9 Å². The Balaban J connectivity index is 1.80. The molecule has 0 unspecified atom stereocenters. The second-order valence-electron chi connectivity index (χ2n) is 5.38. The molecule has 1 aliphatic rings. The Bertz CT molecular complexity index is 777. The Morgan fingerprint density at radius 2 is 1.78 bits per heavy atom. The molecule has 2 aromatic carbocycles. The number of halogens is 1. The van der Waals surface area contributed by atoms with Crippen LogP contribution in [0, 0.1) is 13.8 Å². The van der Waals surface area contributed by atoms with Crippen LogP contribution in [0.4, 0.5) is 16.2 Å². The van der Waals surface area contributed by atoms with Crippen LogP contribution >= 0.6 is 23.4 Å². The molecule has 0 aromatic heterocycles. The van der Waals surface area contributed by atoms with Gasteiger partial charge in [0.25, 0.3) is 11.1 Å². The average molecular weight is 347 g/mol. The predicted molar refractivity (Wildman–Crippen MR) is 95.3 cm³/mol. The monoisotopic (exact) mass is 346 g/mol. The molecule has 3 rings (SSSR count). The summed E-state index contributed by atoms with van der Waals surface area (Å²) >= 11 is 7.06. The van der Waals surface area contributed by atoms with Gasteiger partial charge in [0.2, 0.25) is 0 Å². The van der Waals surface area contributed by atoms with E-state index < -0.39 is 5.37 Å². The highest BCUT2D eigenvalue weighted by molar-refractivity contribution is 8.16. The van der Waals surface area contributed by atoms with E-state index in [1.54, 1.807) is 18.2 Å². The van der Waals surface area contributed by atoms with Gasteiger partial charge in [-0.15, -0.1) is 0 Å². The average Bonchev–Trinajstić information content (AvgIpc) is 2.79. The zero-order valence-electron chi connectivity index (χ0n) is 12.7. The maximum atomic E-state index is 12.5. The standard InChI is InChI=1S/C17H15ClN2O2S/c1-10-3-7-13(8-4-10)20-16(21)15(23-17(20)22)19-12-6-5-11(2)14(18)9-12/h3-9,15,19H,1-2H3/t15-/m0/s1. The van der Waals surface area contributed by atoms with Crippen molar-refractivity contribution in [2.24, 2.45) is 0 Å². The summed E-state index contributed by atoms with van der Waals surface area (Å²) in [7, 11) is 0. The molecule has 4 nitrogen and oxygen atoms in total. The van der Waals surface area contributed by atoms with Crippen LogP contribution in [0.3, 0.4) is 0 Å². The largest absolute Gasteiger partial charge is 0.365 e. The SMILES string of the molecule is Cc1ccc(N2C(=O)S[C@H](Nc3ccc(C)c(Cl)c3)C2=O)cc1. The number of aryl methyl sites for hydroxylation is 2. The first-order chi connectivity index (χ1) is 11.0. The number of benzene rings is 2. The van der Waals surface area contributed by atoms with Crippen molar-refractivity contribution >= 4 is 45.9 Å². The lowest BCUT2D eigenvalue weighted by atomic mass is 10.2. The number of hydrogen-bond acceptors (Lipinski definition) is 4. The third kappa shape index (κ3) is 3.21. The minimum absolute atomic E-state index is 0.277. The van der Waals surface area contributed by atoms with Crippen molar-refractivity contribution in [2.75, 3.05) is 10.2 Å². The van der Waals surface area contributed by atoms with E-state index in [0.29, 0.717) is 16.4 Å². The third-order valence-electron chi connectivity index (χ3n) is 3.61. The number of rotatable bonds is 3. The van der Waals surface area contributed by atoms with E-state index in [2.05, 4.69) is 5.32 Å². The van der Waals surface area contributed by atoms with E-state index in [1.807, 2.05) is 38.1 Å². The Kier molecular flexibility index (Phi) is 4.33. The lowest BCUT2D eigenvalue weighted by Gasteiger charge is -2.15. The van der Waals surface area contributed by atoms with Crippen LogP contribution in [0.5, 0.6) is 0 Å². The van der Waals surface area contributed by atoms with E-state index in [-0.39, 0.29) is 11.1 Å². The topological polar surface area (TPSA) is 49.4 Å². The summed E-state index contributed by atoms with van der Waals surface area (Å²) in [6.07, 6.45) is 0. The first kappa shape index (κ1) is 15.9. The molecular weight excluding hydrogens is 332 g/mol. The summed E-state index contributed by atoms with van der Waals surface area (Å²) in [5, 5.41) is 2.75. The molecule has 2 aromatic rings. The molecule has 23 heavy (non-hydrogen) atoms. The maximum Gasteiger partial charge on any atom is 0.295 e. The van der Waals surface area contributed by atoms with Crippen LogP contribution < -0.4 is 10.2 Å². The molecule has 1 fully saturated rings. The highest BCUT2D eigenvalue weighted by atomic mass is 35.5. The Morgan fingerprint density at radius 1 is 1.09 bits per heavy atom. The number of nitrogens with zero attached hydrogens (tertiary/aromatic N) is 1. The van der Waals surface area contributed by atoms with Gasteiger partial charge in [-0.25, -0.2) is 4.90 Å². The molecule has 0 bridgehead atoms. The number of anilines is 2. The molecule has 1 heterocycles. The van der Waals surface area contributed by atoms with Gasteiger partial charge in [0.1, 0.15) is 0 Å². The highest BCUT2D eigenvalue weighted by Gasteiger charge is 2.40. The van der Waals surface area contributed by atoms with Crippen molar-refractivity contribution in [1.29, 1.82) is 0 Å². The Labute approximate surface area is 143 Å². The molecule has 0 aliphatic carbocycles. The van der Waals surface area contributed by atoms with Gasteiger partial charge in [-0.05, 0) is 55.4 Å². The summed E-state index contributed by atoms with van der Waals surface area (Å²) in [4.78, 5) is 25.9. The zero-order valence-corrected chi connectivity index (χ0v) is 14.2. The van der Waals surface area contributed by atoms with E-state index >= 15 is 0 Å². The summed E-state index contributed by atoms with van der Waals surface area (Å²) in [6, 6.07) is 12.8. The van der Waals surface area contributed by atoms with Crippen LogP contribution in [0.1, 0.15) is 11.1 Å². The normalized spacial score (nSPS) is 17.7. The fraction of sp³-hybridized carbons (Fsp3) is 0.176.